The van der Waals surface area contributed by atoms with Crippen LogP contribution in [0.5, 0.6) is 5.75 Å². The molecule has 0 amide bonds. The standard InChI is InChI=1S/C14H17NO2/c1-10(16)12-7-11-3-4-14(9-13(11)8-12)17-6-5-15-2/h3-4,8-9,15H,5-7H2,1-2H3. The molecule has 0 unspecified atom stereocenters. The molecule has 0 saturated heterocycles. The molecule has 90 valence electrons. The van der Waals surface area contributed by atoms with Gasteiger partial charge in [0.1, 0.15) is 12.4 Å². The lowest BCUT2D eigenvalue weighted by Gasteiger charge is -2.07. The van der Waals surface area contributed by atoms with Gasteiger partial charge in [-0.15, -0.1) is 0 Å². The van der Waals surface area contributed by atoms with Crippen LogP contribution in [0.15, 0.2) is 23.8 Å². The van der Waals surface area contributed by atoms with Crippen molar-refractivity contribution in [2.75, 3.05) is 20.2 Å². The molecule has 3 nitrogen and oxygen atoms in total. The van der Waals surface area contributed by atoms with Crippen LogP contribution in [-0.4, -0.2) is 26.0 Å². The molecule has 1 aromatic carbocycles. The van der Waals surface area contributed by atoms with E-state index >= 15 is 0 Å². The van der Waals surface area contributed by atoms with Crippen molar-refractivity contribution >= 4 is 11.9 Å². The van der Waals surface area contributed by atoms with Crippen LogP contribution in [-0.2, 0) is 11.2 Å². The number of hydrogen-bond acceptors (Lipinski definition) is 3. The van der Waals surface area contributed by atoms with Gasteiger partial charge in [0.15, 0.2) is 5.78 Å². The van der Waals surface area contributed by atoms with Crippen LogP contribution in [0.25, 0.3) is 6.08 Å². The average molecular weight is 231 g/mol. The fourth-order valence-corrected chi connectivity index (χ4v) is 1.90. The second kappa shape index (κ2) is 5.15. The number of carbonyl (C=O) groups excluding carboxylic acids is 1. The number of ether oxygens (including phenoxy) is 1. The molecule has 2 rings (SSSR count). The number of ketones is 1. The van der Waals surface area contributed by atoms with Crippen molar-refractivity contribution in [3.05, 3.63) is 34.9 Å². The smallest absolute Gasteiger partial charge is 0.156 e. The van der Waals surface area contributed by atoms with Crippen molar-refractivity contribution in [1.82, 2.24) is 5.32 Å². The fraction of sp³-hybridized carbons (Fsp3) is 0.357. The van der Waals surface area contributed by atoms with Crippen molar-refractivity contribution < 1.29 is 9.53 Å². The van der Waals surface area contributed by atoms with Gasteiger partial charge in [0.2, 0.25) is 0 Å². The first kappa shape index (κ1) is 11.9. The first-order valence-corrected chi connectivity index (χ1v) is 5.82. The third kappa shape index (κ3) is 2.74. The van der Waals surface area contributed by atoms with E-state index in [0.29, 0.717) is 6.61 Å². The Morgan fingerprint density at radius 1 is 1.47 bits per heavy atom. The molecule has 1 aliphatic rings. The molecule has 0 aromatic heterocycles. The number of hydrogen-bond donors (Lipinski definition) is 1. The summed E-state index contributed by atoms with van der Waals surface area (Å²) in [7, 11) is 1.90. The normalized spacial score (nSPS) is 13.2. The summed E-state index contributed by atoms with van der Waals surface area (Å²) in [4.78, 5) is 11.3. The molecule has 0 radical (unpaired) electrons. The van der Waals surface area contributed by atoms with Gasteiger partial charge in [-0.1, -0.05) is 6.07 Å². The third-order valence-electron chi connectivity index (χ3n) is 2.90. The van der Waals surface area contributed by atoms with Gasteiger partial charge in [0.25, 0.3) is 0 Å². The zero-order chi connectivity index (χ0) is 12.3. The summed E-state index contributed by atoms with van der Waals surface area (Å²) in [5.74, 6) is 1.01. The first-order valence-electron chi connectivity index (χ1n) is 5.82. The molecule has 0 aliphatic heterocycles. The molecule has 0 fully saturated rings. The number of likely N-dealkylation sites (N-methyl/N-ethyl adjacent to an activating group) is 1. The lowest BCUT2D eigenvalue weighted by molar-refractivity contribution is -0.113. The molecule has 0 bridgehead atoms. The Kier molecular flexibility index (Phi) is 3.59. The lowest BCUT2D eigenvalue weighted by Crippen LogP contribution is -2.15. The summed E-state index contributed by atoms with van der Waals surface area (Å²) in [6, 6.07) is 6.00. The van der Waals surface area contributed by atoms with Crippen LogP contribution in [0.2, 0.25) is 0 Å². The van der Waals surface area contributed by atoms with E-state index in [9.17, 15) is 4.79 Å². The number of nitrogens with one attached hydrogen (secondary N) is 1. The molecule has 0 spiro atoms. The number of fused-ring (bicyclic) bond motifs is 1. The first-order chi connectivity index (χ1) is 8.20. The SMILES string of the molecule is CNCCOc1ccc2c(c1)C=C(C(C)=O)C2. The van der Waals surface area contributed by atoms with Crippen molar-refractivity contribution in [1.29, 1.82) is 0 Å². The molecule has 0 atom stereocenters. The van der Waals surface area contributed by atoms with Crippen LogP contribution < -0.4 is 10.1 Å². The monoisotopic (exact) mass is 231 g/mol. The average Bonchev–Trinajstić information content (AvgIpc) is 2.72. The molecular weight excluding hydrogens is 214 g/mol. The fourth-order valence-electron chi connectivity index (χ4n) is 1.90. The number of Topliss-reactive ketones (excluding diaryl/α,β-unsaturated/α-hetero) is 1. The highest BCUT2D eigenvalue weighted by Crippen LogP contribution is 2.28. The van der Waals surface area contributed by atoms with E-state index in [1.807, 2.05) is 31.3 Å². The molecule has 17 heavy (non-hydrogen) atoms. The maximum atomic E-state index is 11.3. The van der Waals surface area contributed by atoms with Crippen molar-refractivity contribution in [3.63, 3.8) is 0 Å². The maximum Gasteiger partial charge on any atom is 0.156 e. The van der Waals surface area contributed by atoms with Gasteiger partial charge in [-0.3, -0.25) is 4.79 Å². The molecule has 0 saturated carbocycles. The van der Waals surface area contributed by atoms with Crippen molar-refractivity contribution in [3.8, 4) is 5.75 Å². The van der Waals surface area contributed by atoms with Gasteiger partial charge >= 0.3 is 0 Å². The summed E-state index contributed by atoms with van der Waals surface area (Å²) < 4.78 is 5.59. The minimum Gasteiger partial charge on any atom is -0.492 e. The zero-order valence-electron chi connectivity index (χ0n) is 10.2. The Morgan fingerprint density at radius 2 is 2.29 bits per heavy atom. The largest absolute Gasteiger partial charge is 0.492 e. The van der Waals surface area contributed by atoms with Crippen LogP contribution >= 0.6 is 0 Å². The minimum absolute atomic E-state index is 0.152. The van der Waals surface area contributed by atoms with Crippen LogP contribution in [0.4, 0.5) is 0 Å². The second-order valence-electron chi connectivity index (χ2n) is 4.22. The van der Waals surface area contributed by atoms with E-state index in [1.165, 1.54) is 5.56 Å². The minimum atomic E-state index is 0.152. The van der Waals surface area contributed by atoms with E-state index in [4.69, 9.17) is 4.74 Å². The van der Waals surface area contributed by atoms with E-state index < -0.39 is 0 Å². The number of carbonyl (C=O) groups is 1. The number of rotatable bonds is 5. The Hall–Kier alpha value is -1.61. The lowest BCUT2D eigenvalue weighted by atomic mass is 10.1. The third-order valence-corrected chi connectivity index (χ3v) is 2.90. The topological polar surface area (TPSA) is 38.3 Å². The highest BCUT2D eigenvalue weighted by Gasteiger charge is 2.15. The summed E-state index contributed by atoms with van der Waals surface area (Å²) in [5.41, 5.74) is 3.20. The number of benzene rings is 1. The summed E-state index contributed by atoms with van der Waals surface area (Å²) >= 11 is 0. The second-order valence-corrected chi connectivity index (χ2v) is 4.22. The van der Waals surface area contributed by atoms with Crippen molar-refractivity contribution in [2.45, 2.75) is 13.3 Å². The summed E-state index contributed by atoms with van der Waals surface area (Å²) in [6.45, 7) is 3.09. The van der Waals surface area contributed by atoms with Crippen LogP contribution in [0, 0.1) is 0 Å². The Balaban J connectivity index is 2.10. The van der Waals surface area contributed by atoms with Gasteiger partial charge in [0, 0.05) is 13.0 Å². The number of allylic oxidation sites excluding steroid dienone is 1. The van der Waals surface area contributed by atoms with Gasteiger partial charge < -0.3 is 10.1 Å². The molecule has 0 heterocycles. The summed E-state index contributed by atoms with van der Waals surface area (Å²) in [5, 5.41) is 3.03. The highest BCUT2D eigenvalue weighted by atomic mass is 16.5. The van der Waals surface area contributed by atoms with E-state index in [1.54, 1.807) is 6.92 Å². The van der Waals surface area contributed by atoms with E-state index in [2.05, 4.69) is 5.32 Å². The molecular formula is C14H17NO2. The van der Waals surface area contributed by atoms with E-state index in [0.717, 1.165) is 29.9 Å². The maximum absolute atomic E-state index is 11.3. The van der Waals surface area contributed by atoms with Crippen molar-refractivity contribution in [2.24, 2.45) is 0 Å². The van der Waals surface area contributed by atoms with Crippen LogP contribution in [0.3, 0.4) is 0 Å². The van der Waals surface area contributed by atoms with E-state index in [-0.39, 0.29) is 5.78 Å². The summed E-state index contributed by atoms with van der Waals surface area (Å²) in [6.07, 6.45) is 2.71. The molecule has 3 heteroatoms. The zero-order valence-corrected chi connectivity index (χ0v) is 10.2. The molecule has 1 N–H and O–H groups in total. The Bertz CT molecular complexity index is 463. The molecule has 1 aliphatic carbocycles. The van der Waals surface area contributed by atoms with Gasteiger partial charge in [-0.25, -0.2) is 0 Å². The van der Waals surface area contributed by atoms with Gasteiger partial charge in [-0.05, 0) is 48.9 Å². The predicted molar refractivity (Wildman–Crippen MR) is 68.2 cm³/mol. The molecule has 1 aromatic rings. The van der Waals surface area contributed by atoms with Crippen LogP contribution in [0.1, 0.15) is 18.1 Å². The predicted octanol–water partition coefficient (Wildman–Crippen LogP) is 1.81. The highest BCUT2D eigenvalue weighted by molar-refractivity contribution is 6.00. The Morgan fingerprint density at radius 3 is 3.00 bits per heavy atom. The van der Waals surface area contributed by atoms with Gasteiger partial charge in [-0.2, -0.15) is 0 Å². The quantitative estimate of drug-likeness (QED) is 0.785. The Labute approximate surface area is 101 Å². The van der Waals surface area contributed by atoms with Gasteiger partial charge in [0.05, 0.1) is 0 Å².